The van der Waals surface area contributed by atoms with Crippen molar-refractivity contribution in [3.05, 3.63) is 83.2 Å². The number of ether oxygens (including phenoxy) is 2. The second-order valence-electron chi connectivity index (χ2n) is 11.3. The zero-order valence-electron chi connectivity index (χ0n) is 24.0. The number of aliphatic carboxylic acids is 1. The third-order valence-corrected chi connectivity index (χ3v) is 7.92. The van der Waals surface area contributed by atoms with E-state index in [1.54, 1.807) is 19.2 Å². The second-order valence-corrected chi connectivity index (χ2v) is 11.3. The van der Waals surface area contributed by atoms with E-state index in [4.69, 9.17) is 14.6 Å². The summed E-state index contributed by atoms with van der Waals surface area (Å²) in [5.41, 5.74) is 4.66. The maximum atomic E-state index is 15.0. The number of rotatable bonds is 9. The van der Waals surface area contributed by atoms with Gasteiger partial charge in [-0.05, 0) is 83.7 Å². The van der Waals surface area contributed by atoms with Crippen LogP contribution < -0.4 is 9.47 Å². The summed E-state index contributed by atoms with van der Waals surface area (Å²) in [5.74, 6) is 1.77. The predicted molar refractivity (Wildman–Crippen MR) is 159 cm³/mol. The molecule has 0 atom stereocenters. The normalized spacial score (nSPS) is 15.8. The number of carboxylic acid groups (broad SMARTS) is 1. The summed E-state index contributed by atoms with van der Waals surface area (Å²) >= 11 is 0. The van der Waals surface area contributed by atoms with Crippen LogP contribution in [0.25, 0.3) is 11.1 Å². The van der Waals surface area contributed by atoms with Crippen molar-refractivity contribution in [2.75, 3.05) is 7.11 Å². The highest BCUT2D eigenvalue weighted by Crippen LogP contribution is 2.39. The van der Waals surface area contributed by atoms with E-state index >= 15 is 0 Å². The second kappa shape index (κ2) is 14.9. The third kappa shape index (κ3) is 9.11. The molecule has 0 heterocycles. The number of hydrogen-bond donors (Lipinski definition) is 1. The van der Waals surface area contributed by atoms with Crippen LogP contribution in [-0.2, 0) is 17.8 Å². The van der Waals surface area contributed by atoms with Crippen LogP contribution in [0.3, 0.4) is 0 Å². The molecule has 214 valence electrons. The number of aryl methyl sites for hydroxylation is 1. The van der Waals surface area contributed by atoms with Crippen molar-refractivity contribution in [1.82, 2.24) is 0 Å². The van der Waals surface area contributed by atoms with Crippen LogP contribution in [0.4, 0.5) is 4.39 Å². The molecule has 5 heteroatoms. The van der Waals surface area contributed by atoms with Crippen LogP contribution in [0, 0.1) is 11.7 Å². The van der Waals surface area contributed by atoms with E-state index < -0.39 is 5.97 Å². The number of methoxy groups -OCH3 is 1. The lowest BCUT2D eigenvalue weighted by molar-refractivity contribution is -0.136. The molecule has 40 heavy (non-hydrogen) atoms. The lowest BCUT2D eigenvalue weighted by Crippen LogP contribution is -2.07. The highest BCUT2D eigenvalue weighted by Gasteiger charge is 2.20. The summed E-state index contributed by atoms with van der Waals surface area (Å²) in [4.78, 5) is 10.9. The summed E-state index contributed by atoms with van der Waals surface area (Å²) in [7, 11) is 1.60. The van der Waals surface area contributed by atoms with Gasteiger partial charge in [0.2, 0.25) is 0 Å². The molecule has 2 saturated carbocycles. The molecule has 5 rings (SSSR count). The van der Waals surface area contributed by atoms with E-state index in [9.17, 15) is 9.18 Å². The Balaban J connectivity index is 0.000000848. The van der Waals surface area contributed by atoms with Crippen molar-refractivity contribution in [1.29, 1.82) is 0 Å². The Morgan fingerprint density at radius 1 is 0.850 bits per heavy atom. The number of carboxylic acids is 1. The molecule has 2 aliphatic rings. The summed E-state index contributed by atoms with van der Waals surface area (Å²) < 4.78 is 26.5. The molecule has 2 fully saturated rings. The molecule has 0 radical (unpaired) electrons. The van der Waals surface area contributed by atoms with Crippen LogP contribution in [0.1, 0.15) is 93.7 Å². The quantitative estimate of drug-likeness (QED) is 0.290. The smallest absolute Gasteiger partial charge is 0.303 e. The van der Waals surface area contributed by atoms with Crippen molar-refractivity contribution < 1.29 is 23.8 Å². The molecule has 4 nitrogen and oxygen atoms in total. The number of carbonyl (C=O) groups is 1. The van der Waals surface area contributed by atoms with Gasteiger partial charge in [-0.1, -0.05) is 82.2 Å². The van der Waals surface area contributed by atoms with Gasteiger partial charge >= 0.3 is 5.97 Å². The topological polar surface area (TPSA) is 55.8 Å². The summed E-state index contributed by atoms with van der Waals surface area (Å²) in [5, 5.41) is 8.95. The monoisotopic (exact) mass is 546 g/mol. The zero-order chi connectivity index (χ0) is 28.3. The molecular formula is C35H43FO4. The summed E-state index contributed by atoms with van der Waals surface area (Å²) in [6, 6.07) is 18.7. The Morgan fingerprint density at radius 2 is 1.57 bits per heavy atom. The van der Waals surface area contributed by atoms with Crippen LogP contribution in [0.15, 0.2) is 60.7 Å². The fourth-order valence-electron chi connectivity index (χ4n) is 5.27. The first kappa shape index (κ1) is 29.6. The van der Waals surface area contributed by atoms with E-state index in [1.165, 1.54) is 56.6 Å². The minimum atomic E-state index is -0.810. The Hall–Kier alpha value is -3.34. The van der Waals surface area contributed by atoms with Crippen molar-refractivity contribution in [3.8, 4) is 22.6 Å². The third-order valence-electron chi connectivity index (χ3n) is 7.92. The van der Waals surface area contributed by atoms with E-state index in [-0.39, 0.29) is 12.2 Å². The lowest BCUT2D eigenvalue weighted by Gasteiger charge is -2.24. The van der Waals surface area contributed by atoms with Gasteiger partial charge in [0, 0.05) is 12.0 Å². The Labute approximate surface area is 238 Å². The van der Waals surface area contributed by atoms with Gasteiger partial charge in [0.25, 0.3) is 0 Å². The van der Waals surface area contributed by atoms with E-state index in [0.717, 1.165) is 35.4 Å². The van der Waals surface area contributed by atoms with Gasteiger partial charge in [0.1, 0.15) is 23.9 Å². The van der Waals surface area contributed by atoms with Crippen molar-refractivity contribution in [2.24, 2.45) is 5.92 Å². The molecule has 0 amide bonds. The first-order valence-corrected chi connectivity index (χ1v) is 14.8. The average Bonchev–Trinajstić information content (AvgIpc) is 3.73. The highest BCUT2D eigenvalue weighted by molar-refractivity contribution is 5.71. The summed E-state index contributed by atoms with van der Waals surface area (Å²) in [6.07, 6.45) is 11.9. The lowest BCUT2D eigenvalue weighted by atomic mass is 9.81. The molecule has 1 N–H and O–H groups in total. The zero-order valence-corrected chi connectivity index (χ0v) is 24.0. The van der Waals surface area contributed by atoms with Crippen LogP contribution in [0.2, 0.25) is 0 Å². The van der Waals surface area contributed by atoms with Crippen molar-refractivity contribution in [3.63, 3.8) is 0 Å². The van der Waals surface area contributed by atoms with Crippen LogP contribution in [-0.4, -0.2) is 18.2 Å². The molecule has 3 aromatic rings. The molecule has 0 bridgehead atoms. The summed E-state index contributed by atoms with van der Waals surface area (Å²) in [6.45, 7) is 2.67. The molecule has 3 aromatic carbocycles. The van der Waals surface area contributed by atoms with Crippen molar-refractivity contribution in [2.45, 2.75) is 90.1 Å². The number of benzene rings is 3. The minimum Gasteiger partial charge on any atom is -0.497 e. The van der Waals surface area contributed by atoms with E-state index in [1.807, 2.05) is 36.4 Å². The maximum Gasteiger partial charge on any atom is 0.303 e. The largest absolute Gasteiger partial charge is 0.497 e. The van der Waals surface area contributed by atoms with Gasteiger partial charge < -0.3 is 14.6 Å². The molecule has 2 aliphatic carbocycles. The first-order chi connectivity index (χ1) is 19.4. The molecule has 0 spiro atoms. The Morgan fingerprint density at radius 3 is 2.25 bits per heavy atom. The van der Waals surface area contributed by atoms with E-state index in [2.05, 4.69) is 13.0 Å². The SMILES string of the molecule is CC1CC1.COc1ccc(F)c(-c2ccc(COc3cccc(CCC(=O)O)c3)cc2C2CCCCCCC2)c1. The van der Waals surface area contributed by atoms with Gasteiger partial charge in [-0.3, -0.25) is 4.79 Å². The number of hydrogen-bond acceptors (Lipinski definition) is 3. The molecule has 0 saturated heterocycles. The maximum absolute atomic E-state index is 15.0. The predicted octanol–water partition coefficient (Wildman–Crippen LogP) is 9.34. The molecule has 0 aliphatic heterocycles. The fourth-order valence-corrected chi connectivity index (χ4v) is 5.27. The Kier molecular flexibility index (Phi) is 11.0. The van der Waals surface area contributed by atoms with Gasteiger partial charge in [-0.25, -0.2) is 4.39 Å². The molecular weight excluding hydrogens is 503 g/mol. The fraction of sp³-hybridized carbons (Fsp3) is 0.457. The van der Waals surface area contributed by atoms with Gasteiger partial charge in [-0.15, -0.1) is 0 Å². The first-order valence-electron chi connectivity index (χ1n) is 14.8. The Bertz CT molecular complexity index is 1240. The molecule has 0 unspecified atom stereocenters. The average molecular weight is 547 g/mol. The molecule has 0 aromatic heterocycles. The van der Waals surface area contributed by atoms with Crippen LogP contribution in [0.5, 0.6) is 11.5 Å². The van der Waals surface area contributed by atoms with Gasteiger partial charge in [-0.2, -0.15) is 0 Å². The van der Waals surface area contributed by atoms with Crippen molar-refractivity contribution >= 4 is 5.97 Å². The van der Waals surface area contributed by atoms with E-state index in [0.29, 0.717) is 36.0 Å². The van der Waals surface area contributed by atoms with Gasteiger partial charge in [0.05, 0.1) is 7.11 Å². The standard InChI is InChI=1S/C31H35FO4.C4H8/c1-35-25-14-16-30(32)29(20-25)27-15-12-23(19-28(27)24-9-5-3-2-4-6-10-24)21-36-26-11-7-8-22(18-26)13-17-31(33)34;1-4-2-3-4/h7-8,11-12,14-16,18-20,24H,2-6,9-10,13,17,21H2,1H3,(H,33,34);4H,2-3H2,1H3. The highest BCUT2D eigenvalue weighted by atomic mass is 19.1. The van der Waals surface area contributed by atoms with Crippen LogP contribution >= 0.6 is 0 Å². The minimum absolute atomic E-state index is 0.0937. The number of halogens is 1. The van der Waals surface area contributed by atoms with Gasteiger partial charge in [0.15, 0.2) is 0 Å².